The molecule has 0 aromatic carbocycles. The van der Waals surface area contributed by atoms with Crippen LogP contribution in [0.2, 0.25) is 0 Å². The Bertz CT molecular complexity index is 873. The van der Waals surface area contributed by atoms with Crippen molar-refractivity contribution in [1.29, 1.82) is 5.26 Å². The number of pyridine rings is 1. The molecular weight excluding hydrogens is 332 g/mol. The highest BCUT2D eigenvalue weighted by atomic mass is 16.5. The molecule has 1 fully saturated rings. The van der Waals surface area contributed by atoms with Gasteiger partial charge in [-0.15, -0.1) is 0 Å². The van der Waals surface area contributed by atoms with Gasteiger partial charge in [-0.3, -0.25) is 4.79 Å². The standard InChI is InChI=1S/C18H22N6O2/c1-13-3-4-14(10-19)18(22-13)20-6-5-16-12-24(7-8-26-16)15-9-17(25)23(2)21-11-15/h3-4,9,11,16H,5-8,12H2,1-2H3,(H,20,22)/t16-/m1/s1. The number of nitrogens with one attached hydrogen (secondary N) is 1. The summed E-state index contributed by atoms with van der Waals surface area (Å²) < 4.78 is 7.14. The first-order chi connectivity index (χ1) is 12.6. The molecule has 0 radical (unpaired) electrons. The monoisotopic (exact) mass is 354 g/mol. The molecule has 0 spiro atoms. The van der Waals surface area contributed by atoms with Gasteiger partial charge in [0.05, 0.1) is 30.2 Å². The zero-order chi connectivity index (χ0) is 18.5. The number of nitrogens with zero attached hydrogens (tertiary/aromatic N) is 5. The first kappa shape index (κ1) is 17.9. The van der Waals surface area contributed by atoms with Gasteiger partial charge in [0, 0.05) is 38.4 Å². The van der Waals surface area contributed by atoms with Crippen LogP contribution in [0.4, 0.5) is 11.5 Å². The second-order valence-corrected chi connectivity index (χ2v) is 6.29. The third-order valence-electron chi connectivity index (χ3n) is 4.37. The van der Waals surface area contributed by atoms with E-state index in [1.165, 1.54) is 4.68 Å². The third-order valence-corrected chi connectivity index (χ3v) is 4.37. The normalized spacial score (nSPS) is 17.0. The Morgan fingerprint density at radius 2 is 2.31 bits per heavy atom. The van der Waals surface area contributed by atoms with Gasteiger partial charge in [0.2, 0.25) is 0 Å². The van der Waals surface area contributed by atoms with Gasteiger partial charge in [0.25, 0.3) is 5.56 Å². The fraction of sp³-hybridized carbons (Fsp3) is 0.444. The van der Waals surface area contributed by atoms with Crippen LogP contribution in [-0.4, -0.2) is 47.1 Å². The van der Waals surface area contributed by atoms with Crippen LogP contribution in [0, 0.1) is 18.3 Å². The Morgan fingerprint density at radius 1 is 1.46 bits per heavy atom. The van der Waals surface area contributed by atoms with Gasteiger partial charge in [0.1, 0.15) is 11.9 Å². The van der Waals surface area contributed by atoms with Crippen LogP contribution in [-0.2, 0) is 11.8 Å². The van der Waals surface area contributed by atoms with E-state index in [1.54, 1.807) is 25.4 Å². The summed E-state index contributed by atoms with van der Waals surface area (Å²) in [7, 11) is 1.63. The Labute approximate surface area is 152 Å². The zero-order valence-corrected chi connectivity index (χ0v) is 15.0. The minimum absolute atomic E-state index is 0.0376. The Balaban J connectivity index is 1.57. The number of rotatable bonds is 5. The van der Waals surface area contributed by atoms with E-state index in [0.29, 0.717) is 31.1 Å². The zero-order valence-electron chi connectivity index (χ0n) is 15.0. The van der Waals surface area contributed by atoms with Crippen molar-refractivity contribution >= 4 is 11.5 Å². The average Bonchev–Trinajstić information content (AvgIpc) is 2.64. The fourth-order valence-electron chi connectivity index (χ4n) is 2.89. The molecule has 0 unspecified atom stereocenters. The van der Waals surface area contributed by atoms with Crippen molar-refractivity contribution in [2.45, 2.75) is 19.4 Å². The van der Waals surface area contributed by atoms with E-state index in [0.717, 1.165) is 24.3 Å². The van der Waals surface area contributed by atoms with Crippen molar-refractivity contribution in [3.63, 3.8) is 0 Å². The summed E-state index contributed by atoms with van der Waals surface area (Å²) in [5.74, 6) is 0.607. The van der Waals surface area contributed by atoms with E-state index >= 15 is 0 Å². The van der Waals surface area contributed by atoms with Gasteiger partial charge < -0.3 is 15.0 Å². The van der Waals surface area contributed by atoms with E-state index < -0.39 is 0 Å². The molecule has 1 saturated heterocycles. The minimum atomic E-state index is -0.123. The van der Waals surface area contributed by atoms with Gasteiger partial charge in [-0.25, -0.2) is 9.67 Å². The van der Waals surface area contributed by atoms with Gasteiger partial charge in [-0.05, 0) is 25.5 Å². The highest BCUT2D eigenvalue weighted by Crippen LogP contribution is 2.17. The molecular formula is C18H22N6O2. The lowest BCUT2D eigenvalue weighted by atomic mass is 10.2. The predicted molar refractivity (Wildman–Crippen MR) is 98.2 cm³/mol. The summed E-state index contributed by atoms with van der Waals surface area (Å²) in [5.41, 5.74) is 2.10. The number of aromatic nitrogens is 3. The van der Waals surface area contributed by atoms with Crippen molar-refractivity contribution in [1.82, 2.24) is 14.8 Å². The highest BCUT2D eigenvalue weighted by molar-refractivity contribution is 5.52. The van der Waals surface area contributed by atoms with Crippen LogP contribution >= 0.6 is 0 Å². The Kier molecular flexibility index (Phi) is 5.49. The van der Waals surface area contributed by atoms with Crippen molar-refractivity contribution < 1.29 is 4.74 Å². The highest BCUT2D eigenvalue weighted by Gasteiger charge is 2.21. The molecule has 0 aliphatic carbocycles. The fourth-order valence-corrected chi connectivity index (χ4v) is 2.89. The van der Waals surface area contributed by atoms with E-state index in [4.69, 9.17) is 10.00 Å². The molecule has 0 saturated carbocycles. The number of morpholine rings is 1. The molecule has 8 nitrogen and oxygen atoms in total. The molecule has 2 aromatic rings. The van der Waals surface area contributed by atoms with Crippen LogP contribution in [0.3, 0.4) is 0 Å². The maximum Gasteiger partial charge on any atom is 0.268 e. The molecule has 3 heterocycles. The molecule has 0 bridgehead atoms. The molecule has 1 N–H and O–H groups in total. The van der Waals surface area contributed by atoms with E-state index in [-0.39, 0.29) is 11.7 Å². The number of aryl methyl sites for hydroxylation is 2. The van der Waals surface area contributed by atoms with Crippen LogP contribution in [0.25, 0.3) is 0 Å². The summed E-state index contributed by atoms with van der Waals surface area (Å²) in [5, 5.41) is 16.5. The lowest BCUT2D eigenvalue weighted by Crippen LogP contribution is -2.43. The second kappa shape index (κ2) is 7.97. The summed E-state index contributed by atoms with van der Waals surface area (Å²) in [4.78, 5) is 18.3. The van der Waals surface area contributed by atoms with Crippen molar-refractivity contribution in [3.05, 3.63) is 46.0 Å². The SMILES string of the molecule is Cc1ccc(C#N)c(NCC[C@@H]2CN(c3cnn(C)c(=O)c3)CCO2)n1. The molecule has 3 rings (SSSR count). The van der Waals surface area contributed by atoms with E-state index in [1.807, 2.05) is 13.0 Å². The van der Waals surface area contributed by atoms with Crippen molar-refractivity contribution in [2.24, 2.45) is 7.05 Å². The van der Waals surface area contributed by atoms with E-state index in [9.17, 15) is 4.79 Å². The smallest absolute Gasteiger partial charge is 0.268 e. The molecule has 136 valence electrons. The molecule has 26 heavy (non-hydrogen) atoms. The molecule has 1 atom stereocenters. The lowest BCUT2D eigenvalue weighted by Gasteiger charge is -2.34. The number of anilines is 2. The van der Waals surface area contributed by atoms with Crippen LogP contribution in [0.5, 0.6) is 0 Å². The molecule has 2 aromatic heterocycles. The maximum absolute atomic E-state index is 11.8. The van der Waals surface area contributed by atoms with Crippen LogP contribution < -0.4 is 15.8 Å². The number of ether oxygens (including phenoxy) is 1. The number of hydrogen-bond donors (Lipinski definition) is 1. The number of hydrogen-bond acceptors (Lipinski definition) is 7. The first-order valence-corrected chi connectivity index (χ1v) is 8.58. The molecule has 1 aliphatic rings. The van der Waals surface area contributed by atoms with E-state index in [2.05, 4.69) is 26.4 Å². The topological polar surface area (TPSA) is 96.1 Å². The second-order valence-electron chi connectivity index (χ2n) is 6.29. The van der Waals surface area contributed by atoms with Gasteiger partial charge >= 0.3 is 0 Å². The Hall–Kier alpha value is -2.92. The average molecular weight is 354 g/mol. The quantitative estimate of drug-likeness (QED) is 0.858. The lowest BCUT2D eigenvalue weighted by molar-refractivity contribution is 0.0374. The van der Waals surface area contributed by atoms with Crippen LogP contribution in [0.15, 0.2) is 29.2 Å². The maximum atomic E-state index is 11.8. The Morgan fingerprint density at radius 3 is 3.08 bits per heavy atom. The minimum Gasteiger partial charge on any atom is -0.374 e. The molecule has 8 heteroatoms. The van der Waals surface area contributed by atoms with Crippen molar-refractivity contribution in [3.8, 4) is 6.07 Å². The summed E-state index contributed by atoms with van der Waals surface area (Å²) in [6, 6.07) is 7.34. The van der Waals surface area contributed by atoms with Crippen molar-refractivity contribution in [2.75, 3.05) is 36.5 Å². The summed E-state index contributed by atoms with van der Waals surface area (Å²) >= 11 is 0. The predicted octanol–water partition coefficient (Wildman–Crippen LogP) is 1.06. The van der Waals surface area contributed by atoms with Crippen LogP contribution in [0.1, 0.15) is 17.7 Å². The molecule has 0 amide bonds. The van der Waals surface area contributed by atoms with Gasteiger partial charge in [0.15, 0.2) is 0 Å². The first-order valence-electron chi connectivity index (χ1n) is 8.58. The third kappa shape index (κ3) is 4.18. The molecule has 1 aliphatic heterocycles. The number of nitriles is 1. The van der Waals surface area contributed by atoms with Gasteiger partial charge in [-0.2, -0.15) is 10.4 Å². The van der Waals surface area contributed by atoms with Gasteiger partial charge in [-0.1, -0.05) is 0 Å². The summed E-state index contributed by atoms with van der Waals surface area (Å²) in [6.07, 6.45) is 2.52. The summed E-state index contributed by atoms with van der Waals surface area (Å²) in [6.45, 7) is 4.58. The largest absolute Gasteiger partial charge is 0.374 e.